The van der Waals surface area contributed by atoms with Crippen LogP contribution in [0.5, 0.6) is 0 Å². The number of benzene rings is 1. The molecule has 32 heavy (non-hydrogen) atoms. The summed E-state index contributed by atoms with van der Waals surface area (Å²) in [5.41, 5.74) is 4.69. The first-order valence-electron chi connectivity index (χ1n) is 12.1. The molecule has 1 N–H and O–H groups in total. The Kier molecular flexibility index (Phi) is 6.42. The minimum Gasteiger partial charge on any atom is -0.380 e. The molecule has 3 heterocycles. The summed E-state index contributed by atoms with van der Waals surface area (Å²) >= 11 is 0. The lowest BCUT2D eigenvalue weighted by molar-refractivity contribution is 0.0950. The van der Waals surface area contributed by atoms with Gasteiger partial charge in [0.1, 0.15) is 5.82 Å². The third kappa shape index (κ3) is 4.66. The zero-order valence-electron chi connectivity index (χ0n) is 19.1. The Bertz CT molecular complexity index is 941. The van der Waals surface area contributed by atoms with Crippen molar-refractivity contribution in [3.05, 3.63) is 58.8 Å². The van der Waals surface area contributed by atoms with Crippen LogP contribution in [0.1, 0.15) is 52.7 Å². The Hall–Kier alpha value is -2.44. The van der Waals surface area contributed by atoms with Gasteiger partial charge in [0.05, 0.1) is 11.7 Å². The molecule has 0 unspecified atom stereocenters. The molecule has 1 aromatic carbocycles. The molecular formula is C26H34N4O2. The summed E-state index contributed by atoms with van der Waals surface area (Å²) in [4.78, 5) is 22.1. The molecule has 1 aromatic heterocycles. The van der Waals surface area contributed by atoms with E-state index in [-0.39, 0.29) is 12.0 Å². The standard InChI is InChI=1S/C26H34N4O2/c1-32-24-11-14-30(18-24)25-8-7-22(17-27-25)26(31)28-16-19-5-6-20-9-12-29(23-3-2-4-23)13-10-21(20)15-19/h5-8,15,17,23-24H,2-4,9-14,16,18H2,1H3,(H,28,31)/t24-/m0/s1. The topological polar surface area (TPSA) is 57.7 Å². The van der Waals surface area contributed by atoms with Crippen molar-refractivity contribution in [2.75, 3.05) is 38.2 Å². The summed E-state index contributed by atoms with van der Waals surface area (Å²) in [5, 5.41) is 3.07. The van der Waals surface area contributed by atoms with Gasteiger partial charge in [-0.25, -0.2) is 4.98 Å². The third-order valence-corrected chi connectivity index (χ3v) is 7.46. The van der Waals surface area contributed by atoms with Gasteiger partial charge in [0.15, 0.2) is 0 Å². The SMILES string of the molecule is CO[C@H]1CCN(c2ccc(C(=O)NCc3ccc4c(c3)CCN(C3CCC3)CC4)cn2)C1. The van der Waals surface area contributed by atoms with E-state index >= 15 is 0 Å². The fourth-order valence-electron chi connectivity index (χ4n) is 5.14. The molecule has 6 nitrogen and oxygen atoms in total. The Morgan fingerprint density at radius 2 is 1.94 bits per heavy atom. The Morgan fingerprint density at radius 3 is 2.62 bits per heavy atom. The van der Waals surface area contributed by atoms with Crippen LogP contribution in [0, 0.1) is 0 Å². The average molecular weight is 435 g/mol. The minimum absolute atomic E-state index is 0.0775. The van der Waals surface area contributed by atoms with Crippen LogP contribution in [0.3, 0.4) is 0 Å². The summed E-state index contributed by atoms with van der Waals surface area (Å²) in [6.07, 6.45) is 9.34. The lowest BCUT2D eigenvalue weighted by atomic mass is 9.91. The van der Waals surface area contributed by atoms with Gasteiger partial charge in [0.25, 0.3) is 5.91 Å². The van der Waals surface area contributed by atoms with Gasteiger partial charge in [-0.2, -0.15) is 0 Å². The van der Waals surface area contributed by atoms with E-state index in [0.717, 1.165) is 50.8 Å². The van der Waals surface area contributed by atoms with Gasteiger partial charge in [-0.05, 0) is 60.9 Å². The van der Waals surface area contributed by atoms with Crippen LogP contribution in [-0.2, 0) is 24.1 Å². The number of hydrogen-bond donors (Lipinski definition) is 1. The Balaban J connectivity index is 1.16. The van der Waals surface area contributed by atoms with Gasteiger partial charge in [-0.1, -0.05) is 24.6 Å². The number of amides is 1. The minimum atomic E-state index is -0.0775. The number of carbonyl (C=O) groups is 1. The molecule has 170 valence electrons. The van der Waals surface area contributed by atoms with Crippen molar-refractivity contribution in [2.45, 2.75) is 57.2 Å². The molecule has 1 amide bonds. The van der Waals surface area contributed by atoms with Crippen LogP contribution in [0.15, 0.2) is 36.5 Å². The molecule has 1 saturated carbocycles. The van der Waals surface area contributed by atoms with E-state index in [9.17, 15) is 4.79 Å². The zero-order valence-corrected chi connectivity index (χ0v) is 19.1. The lowest BCUT2D eigenvalue weighted by Crippen LogP contribution is -2.41. The van der Waals surface area contributed by atoms with Crippen molar-refractivity contribution in [1.82, 2.24) is 15.2 Å². The maximum atomic E-state index is 12.7. The number of carbonyl (C=O) groups excluding carboxylic acids is 1. The lowest BCUT2D eigenvalue weighted by Gasteiger charge is -2.36. The van der Waals surface area contributed by atoms with Crippen molar-refractivity contribution in [3.8, 4) is 0 Å². The van der Waals surface area contributed by atoms with E-state index in [1.54, 1.807) is 13.3 Å². The van der Waals surface area contributed by atoms with Crippen molar-refractivity contribution in [2.24, 2.45) is 0 Å². The summed E-state index contributed by atoms with van der Waals surface area (Å²) in [5.74, 6) is 0.828. The molecule has 1 atom stereocenters. The van der Waals surface area contributed by atoms with E-state index in [1.807, 2.05) is 12.1 Å². The van der Waals surface area contributed by atoms with Gasteiger partial charge >= 0.3 is 0 Å². The average Bonchev–Trinajstić information content (AvgIpc) is 3.19. The molecule has 0 spiro atoms. The molecule has 2 fully saturated rings. The normalized spacial score (nSPS) is 21.7. The maximum Gasteiger partial charge on any atom is 0.253 e. The highest BCUT2D eigenvalue weighted by molar-refractivity contribution is 5.94. The second kappa shape index (κ2) is 9.59. The van der Waals surface area contributed by atoms with Crippen LogP contribution in [0.25, 0.3) is 0 Å². The summed E-state index contributed by atoms with van der Waals surface area (Å²) in [6.45, 7) is 4.68. The number of pyridine rings is 1. The van der Waals surface area contributed by atoms with Gasteiger partial charge in [-0.15, -0.1) is 0 Å². The Labute approximate surface area is 191 Å². The second-order valence-corrected chi connectivity index (χ2v) is 9.40. The monoisotopic (exact) mass is 434 g/mol. The predicted octanol–water partition coefficient (Wildman–Crippen LogP) is 3.19. The molecule has 2 aromatic rings. The number of fused-ring (bicyclic) bond motifs is 1. The number of rotatable bonds is 6. The molecule has 5 rings (SSSR count). The van der Waals surface area contributed by atoms with Gasteiger partial charge in [0.2, 0.25) is 0 Å². The quantitative estimate of drug-likeness (QED) is 0.757. The zero-order chi connectivity index (χ0) is 21.9. The molecular weight excluding hydrogens is 400 g/mol. The van der Waals surface area contributed by atoms with Crippen LogP contribution >= 0.6 is 0 Å². The van der Waals surface area contributed by atoms with E-state index in [0.29, 0.717) is 12.1 Å². The van der Waals surface area contributed by atoms with Crippen LogP contribution in [0.2, 0.25) is 0 Å². The first-order chi connectivity index (χ1) is 15.7. The summed E-state index contributed by atoms with van der Waals surface area (Å²) in [6, 6.07) is 11.3. The first kappa shape index (κ1) is 21.4. The summed E-state index contributed by atoms with van der Waals surface area (Å²) in [7, 11) is 1.75. The van der Waals surface area contributed by atoms with Crippen molar-refractivity contribution in [1.29, 1.82) is 0 Å². The molecule has 1 saturated heterocycles. The highest BCUT2D eigenvalue weighted by atomic mass is 16.5. The number of nitrogens with one attached hydrogen (secondary N) is 1. The third-order valence-electron chi connectivity index (χ3n) is 7.46. The van der Waals surface area contributed by atoms with E-state index < -0.39 is 0 Å². The molecule has 3 aliphatic rings. The molecule has 2 aliphatic heterocycles. The van der Waals surface area contributed by atoms with Crippen molar-refractivity contribution in [3.63, 3.8) is 0 Å². The van der Waals surface area contributed by atoms with Crippen LogP contribution < -0.4 is 10.2 Å². The van der Waals surface area contributed by atoms with Gasteiger partial charge < -0.3 is 15.0 Å². The molecule has 6 heteroatoms. The van der Waals surface area contributed by atoms with Crippen molar-refractivity contribution >= 4 is 11.7 Å². The summed E-state index contributed by atoms with van der Waals surface area (Å²) < 4.78 is 5.43. The smallest absolute Gasteiger partial charge is 0.253 e. The number of anilines is 1. The predicted molar refractivity (Wildman–Crippen MR) is 126 cm³/mol. The van der Waals surface area contributed by atoms with E-state index in [2.05, 4.69) is 38.3 Å². The number of ether oxygens (including phenoxy) is 1. The number of nitrogens with zero attached hydrogens (tertiary/aromatic N) is 3. The van der Waals surface area contributed by atoms with E-state index in [4.69, 9.17) is 4.74 Å². The molecule has 0 radical (unpaired) electrons. The number of hydrogen-bond acceptors (Lipinski definition) is 5. The highest BCUT2D eigenvalue weighted by Crippen LogP contribution is 2.27. The Morgan fingerprint density at radius 1 is 1.09 bits per heavy atom. The molecule has 0 bridgehead atoms. The van der Waals surface area contributed by atoms with Crippen molar-refractivity contribution < 1.29 is 9.53 Å². The number of aromatic nitrogens is 1. The first-order valence-corrected chi connectivity index (χ1v) is 12.1. The van der Waals surface area contributed by atoms with E-state index in [1.165, 1.54) is 42.5 Å². The largest absolute Gasteiger partial charge is 0.380 e. The fraction of sp³-hybridized carbons (Fsp3) is 0.538. The second-order valence-electron chi connectivity index (χ2n) is 9.40. The fourth-order valence-corrected chi connectivity index (χ4v) is 5.14. The number of methoxy groups -OCH3 is 1. The van der Waals surface area contributed by atoms with Crippen LogP contribution in [-0.4, -0.2) is 61.2 Å². The van der Waals surface area contributed by atoms with Gasteiger partial charge in [-0.3, -0.25) is 9.69 Å². The maximum absolute atomic E-state index is 12.7. The molecule has 1 aliphatic carbocycles. The van der Waals surface area contributed by atoms with Gasteiger partial charge in [0, 0.05) is 52.1 Å². The highest BCUT2D eigenvalue weighted by Gasteiger charge is 2.26. The van der Waals surface area contributed by atoms with Crippen LogP contribution in [0.4, 0.5) is 5.82 Å².